The van der Waals surface area contributed by atoms with Crippen molar-refractivity contribution < 1.29 is 13.2 Å². The van der Waals surface area contributed by atoms with Crippen LogP contribution in [0.1, 0.15) is 51.9 Å². The molecular formula is C16H22F3N. The quantitative estimate of drug-likeness (QED) is 0.587. The maximum atomic E-state index is 13.2. The molecule has 1 fully saturated rings. The van der Waals surface area contributed by atoms with Crippen molar-refractivity contribution in [1.82, 2.24) is 0 Å². The van der Waals surface area contributed by atoms with E-state index in [-0.39, 0.29) is 6.04 Å². The molecule has 2 rings (SSSR count). The summed E-state index contributed by atoms with van der Waals surface area (Å²) in [5.41, 5.74) is 0.334. The van der Waals surface area contributed by atoms with Crippen LogP contribution in [0.25, 0.3) is 0 Å². The summed E-state index contributed by atoms with van der Waals surface area (Å²) >= 11 is 0. The molecule has 1 nitrogen and oxygen atoms in total. The van der Waals surface area contributed by atoms with Crippen molar-refractivity contribution in [2.24, 2.45) is 5.92 Å². The Morgan fingerprint density at radius 3 is 2.40 bits per heavy atom. The number of hydrogen-bond acceptors (Lipinski definition) is 1. The molecule has 0 aromatic heterocycles. The second-order valence-electron chi connectivity index (χ2n) is 5.76. The first-order valence-corrected chi connectivity index (χ1v) is 7.51. The first-order chi connectivity index (χ1) is 9.60. The van der Waals surface area contributed by atoms with Gasteiger partial charge in [0.05, 0.1) is 0 Å². The second kappa shape index (κ2) is 7.00. The molecule has 0 bridgehead atoms. The lowest BCUT2D eigenvalue weighted by Gasteiger charge is -2.18. The highest BCUT2D eigenvalue weighted by Gasteiger charge is 2.19. The minimum atomic E-state index is -1.40. The van der Waals surface area contributed by atoms with Crippen LogP contribution >= 0.6 is 0 Å². The van der Waals surface area contributed by atoms with E-state index < -0.39 is 17.5 Å². The minimum Gasteiger partial charge on any atom is -0.382 e. The third-order valence-corrected chi connectivity index (χ3v) is 4.14. The molecule has 0 spiro atoms. The molecular weight excluding hydrogens is 263 g/mol. The molecule has 1 aliphatic carbocycles. The Labute approximate surface area is 118 Å². The molecule has 1 aromatic rings. The van der Waals surface area contributed by atoms with Crippen molar-refractivity contribution in [1.29, 1.82) is 0 Å². The lowest BCUT2D eigenvalue weighted by atomic mass is 9.95. The van der Waals surface area contributed by atoms with Crippen molar-refractivity contribution in [3.05, 3.63) is 29.6 Å². The zero-order valence-corrected chi connectivity index (χ0v) is 11.9. The number of hydrogen-bond donors (Lipinski definition) is 1. The fourth-order valence-corrected chi connectivity index (χ4v) is 3.09. The second-order valence-corrected chi connectivity index (χ2v) is 5.76. The van der Waals surface area contributed by atoms with Gasteiger partial charge in [0.1, 0.15) is 0 Å². The first kappa shape index (κ1) is 15.2. The number of halogens is 3. The summed E-state index contributed by atoms with van der Waals surface area (Å²) in [5, 5.41) is 3.15. The van der Waals surface area contributed by atoms with Gasteiger partial charge in [-0.05, 0) is 25.2 Å². The van der Waals surface area contributed by atoms with Gasteiger partial charge in [0.2, 0.25) is 0 Å². The van der Waals surface area contributed by atoms with Crippen LogP contribution in [0.3, 0.4) is 0 Å². The van der Waals surface area contributed by atoms with Crippen LogP contribution in [0.5, 0.6) is 0 Å². The molecule has 1 aromatic carbocycles. The van der Waals surface area contributed by atoms with Crippen molar-refractivity contribution in [3.8, 4) is 0 Å². The van der Waals surface area contributed by atoms with Crippen molar-refractivity contribution >= 4 is 5.69 Å². The van der Waals surface area contributed by atoms with Gasteiger partial charge in [-0.25, -0.2) is 13.2 Å². The Kier molecular flexibility index (Phi) is 5.32. The lowest BCUT2D eigenvalue weighted by Crippen LogP contribution is -2.19. The third kappa shape index (κ3) is 3.90. The summed E-state index contributed by atoms with van der Waals surface area (Å²) in [6.45, 7) is 2.20. The van der Waals surface area contributed by atoms with Gasteiger partial charge in [0.25, 0.3) is 0 Å². The summed E-state index contributed by atoms with van der Waals surface area (Å²) in [6.07, 6.45) is 7.99. The largest absolute Gasteiger partial charge is 0.382 e. The Balaban J connectivity index is 1.96. The summed E-state index contributed by atoms with van der Waals surface area (Å²) in [6, 6.07) is 2.29. The normalized spacial score (nSPS) is 23.4. The SMILES string of the molecule is CCCC1CCCC(Nc2cc(F)c(F)c(F)c2)CC1. The van der Waals surface area contributed by atoms with E-state index in [0.717, 1.165) is 43.7 Å². The average molecular weight is 285 g/mol. The van der Waals surface area contributed by atoms with Gasteiger partial charge in [-0.3, -0.25) is 0 Å². The van der Waals surface area contributed by atoms with E-state index in [4.69, 9.17) is 0 Å². The maximum absolute atomic E-state index is 13.2. The number of benzene rings is 1. The van der Waals surface area contributed by atoms with Gasteiger partial charge >= 0.3 is 0 Å². The first-order valence-electron chi connectivity index (χ1n) is 7.51. The van der Waals surface area contributed by atoms with Gasteiger partial charge in [-0.1, -0.05) is 32.6 Å². The number of anilines is 1. The van der Waals surface area contributed by atoms with Crippen LogP contribution in [0.2, 0.25) is 0 Å². The molecule has 0 heterocycles. The minimum absolute atomic E-state index is 0.223. The molecule has 2 unspecified atom stereocenters. The molecule has 0 amide bonds. The Bertz CT molecular complexity index is 424. The molecule has 1 aliphatic rings. The van der Waals surface area contributed by atoms with Crippen LogP contribution in [-0.2, 0) is 0 Å². The molecule has 1 saturated carbocycles. The molecule has 1 N–H and O–H groups in total. The van der Waals surface area contributed by atoms with E-state index in [1.165, 1.54) is 19.3 Å². The highest BCUT2D eigenvalue weighted by molar-refractivity contribution is 5.45. The summed E-state index contributed by atoms with van der Waals surface area (Å²) in [4.78, 5) is 0. The zero-order valence-electron chi connectivity index (χ0n) is 11.9. The molecule has 4 heteroatoms. The smallest absolute Gasteiger partial charge is 0.194 e. The number of nitrogens with one attached hydrogen (secondary N) is 1. The molecule has 112 valence electrons. The van der Waals surface area contributed by atoms with Crippen molar-refractivity contribution in [3.63, 3.8) is 0 Å². The third-order valence-electron chi connectivity index (χ3n) is 4.14. The molecule has 0 radical (unpaired) electrons. The van der Waals surface area contributed by atoms with Gasteiger partial charge < -0.3 is 5.32 Å². The number of rotatable bonds is 4. The monoisotopic (exact) mass is 285 g/mol. The predicted octanol–water partition coefficient (Wildman–Crippen LogP) is 5.26. The van der Waals surface area contributed by atoms with E-state index in [1.807, 2.05) is 0 Å². The maximum Gasteiger partial charge on any atom is 0.194 e. The fraction of sp³-hybridized carbons (Fsp3) is 0.625. The Morgan fingerprint density at radius 1 is 1.05 bits per heavy atom. The summed E-state index contributed by atoms with van der Waals surface area (Å²) in [5.74, 6) is -2.90. The lowest BCUT2D eigenvalue weighted by molar-refractivity contribution is 0.422. The predicted molar refractivity (Wildman–Crippen MR) is 75.2 cm³/mol. The highest BCUT2D eigenvalue weighted by Crippen LogP contribution is 2.29. The van der Waals surface area contributed by atoms with E-state index in [2.05, 4.69) is 12.2 Å². The average Bonchev–Trinajstić information content (AvgIpc) is 2.62. The van der Waals surface area contributed by atoms with Crippen molar-refractivity contribution in [2.45, 2.75) is 57.9 Å². The van der Waals surface area contributed by atoms with Crippen LogP contribution in [-0.4, -0.2) is 6.04 Å². The van der Waals surface area contributed by atoms with E-state index in [9.17, 15) is 13.2 Å². The zero-order chi connectivity index (χ0) is 14.5. The van der Waals surface area contributed by atoms with E-state index >= 15 is 0 Å². The Morgan fingerprint density at radius 2 is 1.75 bits per heavy atom. The highest BCUT2D eigenvalue weighted by atomic mass is 19.2. The van der Waals surface area contributed by atoms with Crippen LogP contribution in [0.15, 0.2) is 12.1 Å². The molecule has 2 atom stereocenters. The molecule has 0 aliphatic heterocycles. The van der Waals surface area contributed by atoms with Crippen LogP contribution in [0.4, 0.5) is 18.9 Å². The molecule has 0 saturated heterocycles. The summed E-state index contributed by atoms with van der Waals surface area (Å²) < 4.78 is 39.3. The topological polar surface area (TPSA) is 12.0 Å². The van der Waals surface area contributed by atoms with Gasteiger partial charge in [-0.2, -0.15) is 0 Å². The van der Waals surface area contributed by atoms with Gasteiger partial charge in [-0.15, -0.1) is 0 Å². The van der Waals surface area contributed by atoms with Crippen LogP contribution < -0.4 is 5.32 Å². The standard InChI is InChI=1S/C16H22F3N/c1-2-4-11-5-3-6-12(8-7-11)20-13-9-14(17)16(19)15(18)10-13/h9-12,20H,2-8H2,1H3. The molecule has 20 heavy (non-hydrogen) atoms. The van der Waals surface area contributed by atoms with Gasteiger partial charge in [0.15, 0.2) is 17.5 Å². The van der Waals surface area contributed by atoms with E-state index in [1.54, 1.807) is 0 Å². The van der Waals surface area contributed by atoms with E-state index in [0.29, 0.717) is 5.69 Å². The fourth-order valence-electron chi connectivity index (χ4n) is 3.09. The van der Waals surface area contributed by atoms with Gasteiger partial charge in [0, 0.05) is 23.9 Å². The Hall–Kier alpha value is -1.19. The summed E-state index contributed by atoms with van der Waals surface area (Å²) in [7, 11) is 0. The van der Waals surface area contributed by atoms with Crippen LogP contribution in [0, 0.1) is 23.4 Å². The van der Waals surface area contributed by atoms with Crippen molar-refractivity contribution in [2.75, 3.05) is 5.32 Å².